The number of cyclic esters (lactones) is 1. The smallest absolute Gasteiger partial charge is 0.416 e. The topological polar surface area (TPSA) is 38.3 Å². The fourth-order valence-corrected chi connectivity index (χ4v) is 2.14. The first-order chi connectivity index (χ1) is 9.95. The van der Waals surface area contributed by atoms with Gasteiger partial charge in [-0.2, -0.15) is 13.2 Å². The van der Waals surface area contributed by atoms with Crippen LogP contribution in [0.25, 0.3) is 0 Å². The molecular weight excluding hydrogens is 283 g/mol. The third-order valence-electron chi connectivity index (χ3n) is 3.18. The number of fused-ring (bicyclic) bond motifs is 1. The summed E-state index contributed by atoms with van der Waals surface area (Å²) in [7, 11) is 0. The summed E-state index contributed by atoms with van der Waals surface area (Å²) in [4.78, 5) is 11.9. The van der Waals surface area contributed by atoms with E-state index in [2.05, 4.69) is 5.32 Å². The van der Waals surface area contributed by atoms with Crippen LogP contribution in [0.15, 0.2) is 48.5 Å². The molecule has 3 rings (SSSR count). The number of alkyl halides is 3. The van der Waals surface area contributed by atoms with Crippen molar-refractivity contribution in [3.8, 4) is 0 Å². The first-order valence-corrected chi connectivity index (χ1v) is 6.19. The number of hydrogen-bond donors (Lipinski definition) is 1. The Morgan fingerprint density at radius 2 is 1.76 bits per heavy atom. The third kappa shape index (κ3) is 2.56. The minimum Gasteiger partial charge on any atom is -0.434 e. The summed E-state index contributed by atoms with van der Waals surface area (Å²) in [6.07, 6.45) is -5.25. The molecule has 1 heterocycles. The first kappa shape index (κ1) is 13.5. The first-order valence-electron chi connectivity index (χ1n) is 6.19. The second kappa shape index (κ2) is 4.80. The van der Waals surface area contributed by atoms with Crippen molar-refractivity contribution in [3.63, 3.8) is 0 Å². The predicted octanol–water partition coefficient (Wildman–Crippen LogP) is 3.99. The summed E-state index contributed by atoms with van der Waals surface area (Å²) in [6, 6.07) is 11.7. The molecule has 0 aromatic heterocycles. The van der Waals surface area contributed by atoms with Crippen LogP contribution in [0.2, 0.25) is 0 Å². The summed E-state index contributed by atoms with van der Waals surface area (Å²) in [5.41, 5.74) is 0.0642. The van der Waals surface area contributed by atoms with Crippen LogP contribution >= 0.6 is 0 Å². The van der Waals surface area contributed by atoms with Crippen LogP contribution in [0.5, 0.6) is 0 Å². The minimum atomic E-state index is -4.46. The molecule has 0 saturated carbocycles. The van der Waals surface area contributed by atoms with E-state index in [0.29, 0.717) is 5.56 Å². The van der Waals surface area contributed by atoms with Crippen LogP contribution in [-0.4, -0.2) is 5.97 Å². The molecule has 108 valence electrons. The van der Waals surface area contributed by atoms with E-state index < -0.39 is 23.9 Å². The Kier molecular flexibility index (Phi) is 3.08. The summed E-state index contributed by atoms with van der Waals surface area (Å²) in [6.45, 7) is 0. The molecule has 0 aliphatic carbocycles. The van der Waals surface area contributed by atoms with Crippen molar-refractivity contribution in [2.45, 2.75) is 12.4 Å². The molecular formula is C15H10F3NO2. The molecule has 0 radical (unpaired) electrons. The number of carbonyl (C=O) groups excluding carboxylic acids is 1. The van der Waals surface area contributed by atoms with Crippen molar-refractivity contribution in [1.82, 2.24) is 0 Å². The Labute approximate surface area is 118 Å². The van der Waals surface area contributed by atoms with Crippen LogP contribution in [-0.2, 0) is 10.9 Å². The highest BCUT2D eigenvalue weighted by molar-refractivity contribution is 5.97. The quantitative estimate of drug-likeness (QED) is 0.808. The number of ether oxygens (including phenoxy) is 1. The maximum atomic E-state index is 12.7. The van der Waals surface area contributed by atoms with Gasteiger partial charge in [-0.3, -0.25) is 0 Å². The van der Waals surface area contributed by atoms with Gasteiger partial charge in [0.2, 0.25) is 0 Å². The molecule has 1 aliphatic heterocycles. The fourth-order valence-electron chi connectivity index (χ4n) is 2.14. The highest BCUT2D eigenvalue weighted by atomic mass is 19.4. The lowest BCUT2D eigenvalue weighted by Crippen LogP contribution is -2.26. The zero-order valence-corrected chi connectivity index (χ0v) is 10.6. The maximum absolute atomic E-state index is 12.7. The summed E-state index contributed by atoms with van der Waals surface area (Å²) in [5.74, 6) is -0.647. The van der Waals surface area contributed by atoms with Crippen molar-refractivity contribution in [3.05, 3.63) is 65.2 Å². The number of halogens is 3. The van der Waals surface area contributed by atoms with Crippen molar-refractivity contribution in [1.29, 1.82) is 0 Å². The van der Waals surface area contributed by atoms with Crippen LogP contribution in [0.4, 0.5) is 18.9 Å². The lowest BCUT2D eigenvalue weighted by molar-refractivity contribution is -0.137. The molecule has 0 bridgehead atoms. The van der Waals surface area contributed by atoms with Gasteiger partial charge >= 0.3 is 12.1 Å². The van der Waals surface area contributed by atoms with Crippen molar-refractivity contribution >= 4 is 11.7 Å². The van der Waals surface area contributed by atoms with E-state index in [9.17, 15) is 18.0 Å². The fraction of sp³-hybridized carbons (Fsp3) is 0.133. The Bertz CT molecular complexity index is 683. The Morgan fingerprint density at radius 3 is 2.43 bits per heavy atom. The lowest BCUT2D eigenvalue weighted by Gasteiger charge is -2.27. The average molecular weight is 293 g/mol. The molecule has 0 fully saturated rings. The molecule has 1 unspecified atom stereocenters. The Balaban J connectivity index is 1.98. The van der Waals surface area contributed by atoms with Gasteiger partial charge in [-0.25, -0.2) is 4.79 Å². The monoisotopic (exact) mass is 293 g/mol. The van der Waals surface area contributed by atoms with Crippen molar-refractivity contribution < 1.29 is 22.7 Å². The van der Waals surface area contributed by atoms with Crippen molar-refractivity contribution in [2.24, 2.45) is 0 Å². The number of hydrogen-bond acceptors (Lipinski definition) is 3. The largest absolute Gasteiger partial charge is 0.434 e. The molecule has 21 heavy (non-hydrogen) atoms. The van der Waals surface area contributed by atoms with Gasteiger partial charge < -0.3 is 10.1 Å². The van der Waals surface area contributed by atoms with E-state index in [-0.39, 0.29) is 11.3 Å². The van der Waals surface area contributed by atoms with E-state index in [1.54, 1.807) is 30.3 Å². The van der Waals surface area contributed by atoms with Gasteiger partial charge in [-0.05, 0) is 18.2 Å². The molecule has 1 aliphatic rings. The summed E-state index contributed by atoms with van der Waals surface area (Å²) < 4.78 is 43.4. The van der Waals surface area contributed by atoms with E-state index in [4.69, 9.17) is 4.74 Å². The number of carbonyl (C=O) groups is 1. The van der Waals surface area contributed by atoms with E-state index in [0.717, 1.165) is 18.2 Å². The molecule has 2 aromatic rings. The second-order valence-corrected chi connectivity index (χ2v) is 4.60. The highest BCUT2D eigenvalue weighted by Crippen LogP contribution is 2.36. The van der Waals surface area contributed by atoms with Gasteiger partial charge in [-0.1, -0.05) is 30.3 Å². The second-order valence-electron chi connectivity index (χ2n) is 4.60. The zero-order valence-electron chi connectivity index (χ0n) is 10.6. The Morgan fingerprint density at radius 1 is 1.05 bits per heavy atom. The molecule has 1 atom stereocenters. The van der Waals surface area contributed by atoms with Gasteiger partial charge in [0, 0.05) is 5.56 Å². The van der Waals surface area contributed by atoms with Crippen LogP contribution < -0.4 is 5.32 Å². The minimum absolute atomic E-state index is 0.0928. The maximum Gasteiger partial charge on any atom is 0.416 e. The average Bonchev–Trinajstić information content (AvgIpc) is 2.46. The molecule has 0 saturated heterocycles. The lowest BCUT2D eigenvalue weighted by atomic mass is 10.1. The number of rotatable bonds is 1. The van der Waals surface area contributed by atoms with Crippen molar-refractivity contribution in [2.75, 3.05) is 5.32 Å². The van der Waals surface area contributed by atoms with Gasteiger partial charge in [0.05, 0.1) is 16.8 Å². The Hall–Kier alpha value is -2.50. The number of esters is 1. The number of nitrogens with one attached hydrogen (secondary N) is 1. The number of anilines is 1. The van der Waals surface area contributed by atoms with Crippen LogP contribution in [0.1, 0.15) is 27.7 Å². The third-order valence-corrected chi connectivity index (χ3v) is 3.18. The highest BCUT2D eigenvalue weighted by Gasteiger charge is 2.34. The number of benzene rings is 2. The molecule has 3 nitrogen and oxygen atoms in total. The normalized spacial score (nSPS) is 17.7. The van der Waals surface area contributed by atoms with Gasteiger partial charge in [0.1, 0.15) is 0 Å². The van der Waals surface area contributed by atoms with Gasteiger partial charge in [0.15, 0.2) is 6.23 Å². The summed E-state index contributed by atoms with van der Waals surface area (Å²) in [5, 5.41) is 2.81. The molecule has 2 aromatic carbocycles. The molecule has 0 spiro atoms. The van der Waals surface area contributed by atoms with Crippen LogP contribution in [0, 0.1) is 0 Å². The van der Waals surface area contributed by atoms with Crippen LogP contribution in [0.3, 0.4) is 0 Å². The molecule has 0 amide bonds. The molecule has 6 heteroatoms. The summed E-state index contributed by atoms with van der Waals surface area (Å²) >= 11 is 0. The standard InChI is InChI=1S/C15H10F3NO2/c16-15(17,18)10-6-7-11-12(8-10)19-13(21-14(11)20)9-4-2-1-3-5-9/h1-8,13,19H. The van der Waals surface area contributed by atoms with E-state index in [1.807, 2.05) is 0 Å². The molecule has 1 N–H and O–H groups in total. The van der Waals surface area contributed by atoms with Gasteiger partial charge in [-0.15, -0.1) is 0 Å². The zero-order chi connectivity index (χ0) is 15.0. The predicted molar refractivity (Wildman–Crippen MR) is 69.7 cm³/mol. The SMILES string of the molecule is O=C1OC(c2ccccc2)Nc2cc(C(F)(F)F)ccc21. The van der Waals surface area contributed by atoms with E-state index in [1.165, 1.54) is 0 Å². The van der Waals surface area contributed by atoms with Gasteiger partial charge in [0.25, 0.3) is 0 Å². The van der Waals surface area contributed by atoms with E-state index >= 15 is 0 Å².